The van der Waals surface area contributed by atoms with Gasteiger partial charge in [-0.15, -0.1) is 11.8 Å². The van der Waals surface area contributed by atoms with Crippen LogP contribution in [0, 0.1) is 0 Å². The van der Waals surface area contributed by atoms with Crippen LogP contribution in [0.3, 0.4) is 0 Å². The lowest BCUT2D eigenvalue weighted by Crippen LogP contribution is -2.33. The van der Waals surface area contributed by atoms with Crippen LogP contribution in [0.15, 0.2) is 35.6 Å². The predicted molar refractivity (Wildman–Crippen MR) is 79.5 cm³/mol. The summed E-state index contributed by atoms with van der Waals surface area (Å²) in [5.74, 6) is 0.698. The third-order valence-electron chi connectivity index (χ3n) is 2.62. The monoisotopic (exact) mass is 293 g/mol. The highest BCUT2D eigenvalue weighted by atomic mass is 32.2. The molecule has 0 aliphatic rings. The normalized spacial score (nSPS) is 11.2. The number of carbonyl (C=O) groups excluding carboxylic acids is 1. The number of imidazole rings is 1. The van der Waals surface area contributed by atoms with Gasteiger partial charge in [0.05, 0.1) is 17.7 Å². The number of amides is 1. The Morgan fingerprint density at radius 2 is 2.30 bits per heavy atom. The molecular formula is C14H19N3O2S. The summed E-state index contributed by atoms with van der Waals surface area (Å²) >= 11 is 1.68. The number of pyridine rings is 1. The number of hydrogen-bond acceptors (Lipinski definition) is 4. The van der Waals surface area contributed by atoms with Crippen molar-refractivity contribution in [1.29, 1.82) is 0 Å². The van der Waals surface area contributed by atoms with Crippen molar-refractivity contribution in [2.24, 2.45) is 0 Å². The molecule has 0 aliphatic heterocycles. The number of nitrogens with zero attached hydrogens (tertiary/aromatic N) is 3. The van der Waals surface area contributed by atoms with Crippen molar-refractivity contribution >= 4 is 23.3 Å². The first-order valence-electron chi connectivity index (χ1n) is 6.57. The van der Waals surface area contributed by atoms with Gasteiger partial charge in [-0.2, -0.15) is 0 Å². The summed E-state index contributed by atoms with van der Waals surface area (Å²) in [6, 6.07) is 5.99. The van der Waals surface area contributed by atoms with E-state index in [1.807, 2.05) is 42.6 Å². The molecule has 2 rings (SSSR count). The summed E-state index contributed by atoms with van der Waals surface area (Å²) in [7, 11) is 0. The largest absolute Gasteiger partial charge is 0.294 e. The molecule has 0 saturated carbocycles. The first-order chi connectivity index (χ1) is 9.58. The van der Waals surface area contributed by atoms with Crippen LogP contribution in [-0.4, -0.2) is 38.8 Å². The molecule has 0 bridgehead atoms. The molecule has 0 radical (unpaired) electrons. The minimum absolute atomic E-state index is 0.000908. The van der Waals surface area contributed by atoms with Gasteiger partial charge in [-0.25, -0.2) is 10.0 Å². The van der Waals surface area contributed by atoms with Gasteiger partial charge < -0.3 is 0 Å². The lowest BCUT2D eigenvalue weighted by atomic mass is 10.5. The Morgan fingerprint density at radius 3 is 3.00 bits per heavy atom. The SMILES string of the molecule is CC(=O)N(CCSc1cccc2nccn12)OC(C)C. The summed E-state index contributed by atoms with van der Waals surface area (Å²) in [4.78, 5) is 21.2. The van der Waals surface area contributed by atoms with Crippen molar-refractivity contribution in [1.82, 2.24) is 14.4 Å². The minimum Gasteiger partial charge on any atom is -0.294 e. The zero-order chi connectivity index (χ0) is 14.5. The Morgan fingerprint density at radius 1 is 1.50 bits per heavy atom. The number of hydroxylamine groups is 2. The third-order valence-corrected chi connectivity index (χ3v) is 3.64. The van der Waals surface area contributed by atoms with Gasteiger partial charge in [-0.3, -0.25) is 14.0 Å². The van der Waals surface area contributed by atoms with E-state index in [1.54, 1.807) is 18.0 Å². The highest BCUT2D eigenvalue weighted by Crippen LogP contribution is 2.19. The molecule has 6 heteroatoms. The van der Waals surface area contributed by atoms with Crippen molar-refractivity contribution in [3.05, 3.63) is 30.6 Å². The van der Waals surface area contributed by atoms with Crippen LogP contribution in [0.1, 0.15) is 20.8 Å². The maximum atomic E-state index is 11.5. The van der Waals surface area contributed by atoms with Crippen LogP contribution >= 0.6 is 11.8 Å². The number of aromatic nitrogens is 2. The predicted octanol–water partition coefficient (Wildman–Crippen LogP) is 2.61. The summed E-state index contributed by atoms with van der Waals surface area (Å²) in [5.41, 5.74) is 0.928. The van der Waals surface area contributed by atoms with E-state index in [-0.39, 0.29) is 12.0 Å². The van der Waals surface area contributed by atoms with Gasteiger partial charge in [0.15, 0.2) is 0 Å². The van der Waals surface area contributed by atoms with Crippen LogP contribution in [0.25, 0.3) is 5.65 Å². The molecule has 20 heavy (non-hydrogen) atoms. The van der Waals surface area contributed by atoms with Crippen molar-refractivity contribution < 1.29 is 9.63 Å². The Kier molecular flexibility index (Phi) is 5.03. The number of hydrogen-bond donors (Lipinski definition) is 0. The summed E-state index contributed by atoms with van der Waals surface area (Å²) < 4.78 is 2.03. The van der Waals surface area contributed by atoms with E-state index in [2.05, 4.69) is 4.98 Å². The molecular weight excluding hydrogens is 274 g/mol. The Hall–Kier alpha value is -1.53. The van der Waals surface area contributed by atoms with Crippen LogP contribution in [0.4, 0.5) is 0 Å². The number of carbonyl (C=O) groups is 1. The zero-order valence-electron chi connectivity index (χ0n) is 11.9. The van der Waals surface area contributed by atoms with Gasteiger partial charge in [0.2, 0.25) is 5.91 Å². The maximum Gasteiger partial charge on any atom is 0.243 e. The Bertz CT molecular complexity index is 583. The van der Waals surface area contributed by atoms with E-state index < -0.39 is 0 Å². The molecule has 0 spiro atoms. The average Bonchev–Trinajstić information content (AvgIpc) is 2.86. The molecule has 0 aliphatic carbocycles. The van der Waals surface area contributed by atoms with Crippen LogP contribution in [-0.2, 0) is 9.63 Å². The molecule has 108 valence electrons. The maximum absolute atomic E-state index is 11.5. The standard InChI is InChI=1S/C14H19N3O2S/c1-11(2)19-17(12(3)18)9-10-20-14-6-4-5-13-15-7-8-16(13)14/h4-8,11H,9-10H2,1-3H3. The van der Waals surface area contributed by atoms with Gasteiger partial charge in [-0.1, -0.05) is 6.07 Å². The lowest BCUT2D eigenvalue weighted by molar-refractivity contribution is -0.196. The number of thioether (sulfide) groups is 1. The molecule has 0 aromatic carbocycles. The second-order valence-corrected chi connectivity index (χ2v) is 5.76. The van der Waals surface area contributed by atoms with Gasteiger partial charge in [0.1, 0.15) is 5.65 Å². The topological polar surface area (TPSA) is 46.8 Å². The average molecular weight is 293 g/mol. The van der Waals surface area contributed by atoms with Gasteiger partial charge in [0.25, 0.3) is 0 Å². The van der Waals surface area contributed by atoms with Crippen molar-refractivity contribution in [2.75, 3.05) is 12.3 Å². The highest BCUT2D eigenvalue weighted by molar-refractivity contribution is 7.99. The van der Waals surface area contributed by atoms with Crippen molar-refractivity contribution in [3.63, 3.8) is 0 Å². The van der Waals surface area contributed by atoms with E-state index in [9.17, 15) is 4.79 Å². The summed E-state index contributed by atoms with van der Waals surface area (Å²) in [6.07, 6.45) is 3.72. The Balaban J connectivity index is 1.94. The number of rotatable bonds is 6. The van der Waals surface area contributed by atoms with E-state index in [4.69, 9.17) is 4.84 Å². The molecule has 0 unspecified atom stereocenters. The van der Waals surface area contributed by atoms with Crippen LogP contribution < -0.4 is 0 Å². The lowest BCUT2D eigenvalue weighted by Gasteiger charge is -2.22. The Labute approximate surface area is 122 Å². The molecule has 2 aromatic rings. The second-order valence-electron chi connectivity index (χ2n) is 4.64. The van der Waals surface area contributed by atoms with Gasteiger partial charge in [0, 0.05) is 25.1 Å². The minimum atomic E-state index is -0.0693. The smallest absolute Gasteiger partial charge is 0.243 e. The van der Waals surface area contributed by atoms with Crippen LogP contribution in [0.5, 0.6) is 0 Å². The zero-order valence-corrected chi connectivity index (χ0v) is 12.8. The molecule has 5 nitrogen and oxygen atoms in total. The van der Waals surface area contributed by atoms with Crippen LogP contribution in [0.2, 0.25) is 0 Å². The fourth-order valence-corrected chi connectivity index (χ4v) is 2.75. The third kappa shape index (κ3) is 3.74. The molecule has 2 aromatic heterocycles. The molecule has 2 heterocycles. The second kappa shape index (κ2) is 6.76. The van der Waals surface area contributed by atoms with Gasteiger partial charge >= 0.3 is 0 Å². The van der Waals surface area contributed by atoms with E-state index in [1.165, 1.54) is 12.0 Å². The molecule has 0 fully saturated rings. The summed E-state index contributed by atoms with van der Waals surface area (Å²) in [5, 5.41) is 2.53. The van der Waals surface area contributed by atoms with Gasteiger partial charge in [-0.05, 0) is 26.0 Å². The number of fused-ring (bicyclic) bond motifs is 1. The molecule has 0 N–H and O–H groups in total. The quantitative estimate of drug-likeness (QED) is 0.607. The van der Waals surface area contributed by atoms with E-state index in [0.29, 0.717) is 6.54 Å². The fourth-order valence-electron chi connectivity index (χ4n) is 1.81. The van der Waals surface area contributed by atoms with Crippen molar-refractivity contribution in [2.45, 2.75) is 31.9 Å². The molecule has 1 amide bonds. The van der Waals surface area contributed by atoms with E-state index in [0.717, 1.165) is 16.4 Å². The molecule has 0 atom stereocenters. The molecule has 0 saturated heterocycles. The summed E-state index contributed by atoms with van der Waals surface area (Å²) in [6.45, 7) is 5.90. The first-order valence-corrected chi connectivity index (χ1v) is 7.56. The highest BCUT2D eigenvalue weighted by Gasteiger charge is 2.11. The fraction of sp³-hybridized carbons (Fsp3) is 0.429. The van der Waals surface area contributed by atoms with E-state index >= 15 is 0 Å². The first kappa shape index (κ1) is 14.9. The van der Waals surface area contributed by atoms with Crippen molar-refractivity contribution in [3.8, 4) is 0 Å².